The maximum absolute atomic E-state index is 13.0. The largest absolute Gasteiger partial charge is 0.493 e. The van der Waals surface area contributed by atoms with Crippen molar-refractivity contribution in [1.82, 2.24) is 9.55 Å². The van der Waals surface area contributed by atoms with Gasteiger partial charge in [-0.1, -0.05) is 37.1 Å². The summed E-state index contributed by atoms with van der Waals surface area (Å²) in [6, 6.07) is 13.5. The fourth-order valence-electron chi connectivity index (χ4n) is 3.88. The normalized spacial score (nSPS) is 11.9. The van der Waals surface area contributed by atoms with Gasteiger partial charge in [0.25, 0.3) is 5.91 Å². The van der Waals surface area contributed by atoms with Crippen LogP contribution < -0.4 is 0 Å². The molecule has 0 fully saturated rings. The van der Waals surface area contributed by atoms with Gasteiger partial charge in [0.1, 0.15) is 0 Å². The lowest BCUT2D eigenvalue weighted by Crippen LogP contribution is -2.03. The number of rotatable bonds is 4. The van der Waals surface area contributed by atoms with Gasteiger partial charge in [0, 0.05) is 23.0 Å². The summed E-state index contributed by atoms with van der Waals surface area (Å²) >= 11 is 0. The van der Waals surface area contributed by atoms with Crippen LogP contribution in [0, 0.1) is 26.7 Å². The molecule has 0 saturated heterocycles. The number of carbonyl (C=O) groups is 1. The minimum atomic E-state index is -0.460. The number of hydrogen-bond acceptors (Lipinski definition) is 4. The van der Waals surface area contributed by atoms with Gasteiger partial charge in [-0.2, -0.15) is 0 Å². The fraction of sp³-hybridized carbons (Fsp3) is 0.280. The Hall–Kier alpha value is -3.54. The van der Waals surface area contributed by atoms with E-state index in [0.717, 1.165) is 38.6 Å². The molecule has 1 amide bonds. The maximum Gasteiger partial charge on any atom is 0.296 e. The van der Waals surface area contributed by atoms with E-state index in [0.29, 0.717) is 23.7 Å². The highest BCUT2D eigenvalue weighted by Crippen LogP contribution is 2.40. The molecule has 0 aliphatic rings. The summed E-state index contributed by atoms with van der Waals surface area (Å²) in [5.41, 5.74) is 5.21. The average molecular weight is 415 g/mol. The molecule has 0 atom stereocenters. The van der Waals surface area contributed by atoms with Gasteiger partial charge in [-0.15, -0.1) is 10.2 Å². The Morgan fingerprint density at radius 3 is 2.42 bits per heavy atom. The van der Waals surface area contributed by atoms with Crippen molar-refractivity contribution in [2.45, 2.75) is 41.2 Å². The van der Waals surface area contributed by atoms with Crippen molar-refractivity contribution in [3.05, 3.63) is 64.8 Å². The molecule has 4 rings (SSSR count). The van der Waals surface area contributed by atoms with Crippen molar-refractivity contribution >= 4 is 33.4 Å². The Morgan fingerprint density at radius 1 is 1.03 bits per heavy atom. The van der Waals surface area contributed by atoms with Gasteiger partial charge in [0.05, 0.1) is 16.6 Å². The molecule has 2 aromatic heterocycles. The van der Waals surface area contributed by atoms with E-state index in [9.17, 15) is 9.90 Å². The molecule has 2 aromatic carbocycles. The van der Waals surface area contributed by atoms with E-state index in [2.05, 4.69) is 29.1 Å². The number of carbonyl (C=O) groups excluding carboxylic acids is 1. The zero-order chi connectivity index (χ0) is 22.3. The van der Waals surface area contributed by atoms with Crippen molar-refractivity contribution < 1.29 is 9.90 Å². The molecule has 0 bridgehead atoms. The second kappa shape index (κ2) is 7.95. The number of amides is 1. The third-order valence-corrected chi connectivity index (χ3v) is 5.28. The lowest BCUT2D eigenvalue weighted by Gasteiger charge is -2.09. The molecular formula is C25H26N4O2. The zero-order valence-electron chi connectivity index (χ0n) is 18.5. The first kappa shape index (κ1) is 20.7. The number of pyridine rings is 1. The van der Waals surface area contributed by atoms with E-state index in [4.69, 9.17) is 0 Å². The SMILES string of the molecule is Cc1ccc2nc(C)cc(C(=O)N=Nc3c(O)n(CC(C)C)c4ccc(C)cc34)c2c1. The van der Waals surface area contributed by atoms with Crippen molar-refractivity contribution in [3.8, 4) is 5.88 Å². The highest BCUT2D eigenvalue weighted by atomic mass is 16.3. The Balaban J connectivity index is 1.82. The number of aromatic nitrogens is 2. The Kier molecular flexibility index (Phi) is 5.31. The Bertz CT molecular complexity index is 1350. The Labute approximate surface area is 181 Å². The highest BCUT2D eigenvalue weighted by molar-refractivity contribution is 6.07. The summed E-state index contributed by atoms with van der Waals surface area (Å²) in [4.78, 5) is 17.5. The summed E-state index contributed by atoms with van der Waals surface area (Å²) in [5.74, 6) is -0.0982. The van der Waals surface area contributed by atoms with Gasteiger partial charge >= 0.3 is 0 Å². The van der Waals surface area contributed by atoms with Crippen molar-refractivity contribution in [2.24, 2.45) is 16.1 Å². The van der Waals surface area contributed by atoms with E-state index in [1.54, 1.807) is 6.07 Å². The van der Waals surface area contributed by atoms with Gasteiger partial charge in [0.2, 0.25) is 5.88 Å². The second-order valence-electron chi connectivity index (χ2n) is 8.53. The van der Waals surface area contributed by atoms with Gasteiger partial charge in [0.15, 0.2) is 5.69 Å². The van der Waals surface area contributed by atoms with Gasteiger partial charge in [-0.05, 0) is 57.0 Å². The molecule has 4 aromatic rings. The van der Waals surface area contributed by atoms with Crippen LogP contribution in [0.2, 0.25) is 0 Å². The molecule has 0 saturated carbocycles. The van der Waals surface area contributed by atoms with Crippen molar-refractivity contribution in [1.29, 1.82) is 0 Å². The molecule has 0 aliphatic heterocycles. The van der Waals surface area contributed by atoms with Crippen LogP contribution in [0.15, 0.2) is 52.7 Å². The number of nitrogens with zero attached hydrogens (tertiary/aromatic N) is 4. The minimum absolute atomic E-state index is 0.0254. The average Bonchev–Trinajstić information content (AvgIpc) is 2.96. The molecule has 0 aliphatic carbocycles. The fourth-order valence-corrected chi connectivity index (χ4v) is 3.88. The molecule has 0 spiro atoms. The van der Waals surface area contributed by atoms with E-state index >= 15 is 0 Å². The first-order valence-electron chi connectivity index (χ1n) is 10.4. The molecule has 31 heavy (non-hydrogen) atoms. The van der Waals surface area contributed by atoms with E-state index in [1.165, 1.54) is 0 Å². The lowest BCUT2D eigenvalue weighted by molar-refractivity contribution is 0.0996. The van der Waals surface area contributed by atoms with Crippen LogP contribution in [0.25, 0.3) is 21.8 Å². The molecule has 0 unspecified atom stereocenters. The van der Waals surface area contributed by atoms with Crippen LogP contribution >= 0.6 is 0 Å². The highest BCUT2D eigenvalue weighted by Gasteiger charge is 2.19. The standard InChI is InChI=1S/C25H26N4O2/c1-14(2)13-29-22-9-7-16(4)11-20(22)23(25(29)31)27-28-24(30)19-12-17(5)26-21-8-6-15(3)10-18(19)21/h6-12,14,31H,13H2,1-5H3. The summed E-state index contributed by atoms with van der Waals surface area (Å²) in [6.07, 6.45) is 0. The molecule has 6 nitrogen and oxygen atoms in total. The van der Waals surface area contributed by atoms with E-state index < -0.39 is 5.91 Å². The number of benzene rings is 2. The van der Waals surface area contributed by atoms with Gasteiger partial charge in [-0.25, -0.2) is 0 Å². The molecule has 1 N–H and O–H groups in total. The van der Waals surface area contributed by atoms with Gasteiger partial charge < -0.3 is 9.67 Å². The molecule has 0 radical (unpaired) electrons. The van der Waals surface area contributed by atoms with E-state index in [-0.39, 0.29) is 5.88 Å². The van der Waals surface area contributed by atoms with Gasteiger partial charge in [-0.3, -0.25) is 9.78 Å². The maximum atomic E-state index is 13.0. The monoisotopic (exact) mass is 414 g/mol. The summed E-state index contributed by atoms with van der Waals surface area (Å²) < 4.78 is 1.83. The first-order valence-corrected chi connectivity index (χ1v) is 10.4. The second-order valence-corrected chi connectivity index (χ2v) is 8.53. The minimum Gasteiger partial charge on any atom is -0.493 e. The van der Waals surface area contributed by atoms with Crippen LogP contribution in [0.3, 0.4) is 0 Å². The smallest absolute Gasteiger partial charge is 0.296 e. The summed E-state index contributed by atoms with van der Waals surface area (Å²) in [6.45, 7) is 10.6. The third-order valence-electron chi connectivity index (χ3n) is 5.28. The van der Waals surface area contributed by atoms with E-state index in [1.807, 2.05) is 61.7 Å². The quantitative estimate of drug-likeness (QED) is 0.392. The van der Waals surface area contributed by atoms with Crippen LogP contribution in [0.1, 0.15) is 41.0 Å². The van der Waals surface area contributed by atoms with Crippen LogP contribution in [-0.2, 0) is 6.54 Å². The molecule has 158 valence electrons. The number of aryl methyl sites for hydroxylation is 3. The number of fused-ring (bicyclic) bond motifs is 2. The molecule has 2 heterocycles. The van der Waals surface area contributed by atoms with Crippen molar-refractivity contribution in [3.63, 3.8) is 0 Å². The zero-order valence-corrected chi connectivity index (χ0v) is 18.5. The number of azo groups is 1. The first-order chi connectivity index (χ1) is 14.7. The summed E-state index contributed by atoms with van der Waals surface area (Å²) in [7, 11) is 0. The van der Waals surface area contributed by atoms with Crippen LogP contribution in [0.4, 0.5) is 5.69 Å². The topological polar surface area (TPSA) is 79.8 Å². The molecule has 6 heteroatoms. The Morgan fingerprint density at radius 2 is 1.71 bits per heavy atom. The predicted molar refractivity (Wildman–Crippen MR) is 123 cm³/mol. The number of aromatic hydroxyl groups is 1. The molecular weight excluding hydrogens is 388 g/mol. The summed E-state index contributed by atoms with van der Waals surface area (Å²) in [5, 5.41) is 20.6. The van der Waals surface area contributed by atoms with Crippen molar-refractivity contribution in [2.75, 3.05) is 0 Å². The third kappa shape index (κ3) is 3.93. The lowest BCUT2D eigenvalue weighted by atomic mass is 10.1. The van der Waals surface area contributed by atoms with Crippen LogP contribution in [-0.4, -0.2) is 20.6 Å². The predicted octanol–water partition coefficient (Wildman–Crippen LogP) is 6.40. The van der Waals surface area contributed by atoms with Crippen LogP contribution in [0.5, 0.6) is 5.88 Å². The number of hydrogen-bond donors (Lipinski definition) is 1.